The fourth-order valence-electron chi connectivity index (χ4n) is 1.50. The zero-order valence-electron chi connectivity index (χ0n) is 10.3. The highest BCUT2D eigenvalue weighted by molar-refractivity contribution is 5.51. The molecule has 17 heavy (non-hydrogen) atoms. The van der Waals surface area contributed by atoms with Crippen molar-refractivity contribution >= 4 is 0 Å². The lowest BCUT2D eigenvalue weighted by molar-refractivity contribution is 0.418. The summed E-state index contributed by atoms with van der Waals surface area (Å²) in [5, 5.41) is 7.09. The van der Waals surface area contributed by atoms with Crippen molar-refractivity contribution in [3.63, 3.8) is 0 Å². The molecule has 5 heteroatoms. The van der Waals surface area contributed by atoms with Crippen LogP contribution in [0.5, 0.6) is 0 Å². The maximum atomic E-state index is 5.22. The minimum atomic E-state index is 0.330. The molecule has 0 saturated heterocycles. The van der Waals surface area contributed by atoms with Gasteiger partial charge in [0.1, 0.15) is 0 Å². The van der Waals surface area contributed by atoms with Gasteiger partial charge in [0.05, 0.1) is 5.56 Å². The Hall–Kier alpha value is -1.75. The molecular weight excluding hydrogens is 216 g/mol. The van der Waals surface area contributed by atoms with Gasteiger partial charge in [0.25, 0.3) is 5.89 Å². The Balaban J connectivity index is 2.18. The van der Waals surface area contributed by atoms with Crippen LogP contribution in [0.4, 0.5) is 0 Å². The van der Waals surface area contributed by atoms with Gasteiger partial charge in [-0.25, -0.2) is 0 Å². The first-order valence-corrected chi connectivity index (χ1v) is 5.61. The summed E-state index contributed by atoms with van der Waals surface area (Å²) in [6.07, 6.45) is 4.27. The molecule has 1 atom stereocenters. The Bertz CT molecular complexity index is 495. The first kappa shape index (κ1) is 11.7. The van der Waals surface area contributed by atoms with E-state index in [2.05, 4.69) is 27.4 Å². The summed E-state index contributed by atoms with van der Waals surface area (Å²) >= 11 is 0. The molecule has 0 spiro atoms. The van der Waals surface area contributed by atoms with Crippen LogP contribution in [-0.4, -0.2) is 28.2 Å². The van der Waals surface area contributed by atoms with Gasteiger partial charge in [-0.3, -0.25) is 4.98 Å². The number of pyridine rings is 1. The van der Waals surface area contributed by atoms with Gasteiger partial charge in [0.2, 0.25) is 0 Å². The monoisotopic (exact) mass is 232 g/mol. The third-order valence-corrected chi connectivity index (χ3v) is 2.57. The molecule has 0 aliphatic carbocycles. The Morgan fingerprint density at radius 1 is 1.41 bits per heavy atom. The highest BCUT2D eigenvalue weighted by Gasteiger charge is 2.11. The van der Waals surface area contributed by atoms with Crippen LogP contribution >= 0.6 is 0 Å². The summed E-state index contributed by atoms with van der Waals surface area (Å²) in [4.78, 5) is 8.46. The summed E-state index contributed by atoms with van der Waals surface area (Å²) in [6.45, 7) is 4.06. The molecule has 5 nitrogen and oxygen atoms in total. The molecule has 0 aromatic carbocycles. The number of rotatable bonds is 4. The van der Waals surface area contributed by atoms with E-state index in [-0.39, 0.29) is 0 Å². The van der Waals surface area contributed by atoms with Crippen molar-refractivity contribution in [2.75, 3.05) is 7.05 Å². The normalized spacial score (nSPS) is 12.6. The molecule has 0 bridgehead atoms. The lowest BCUT2D eigenvalue weighted by Gasteiger charge is -2.04. The minimum Gasteiger partial charge on any atom is -0.334 e. The second-order valence-corrected chi connectivity index (χ2v) is 4.16. The molecule has 0 amide bonds. The van der Waals surface area contributed by atoms with Gasteiger partial charge < -0.3 is 9.84 Å². The lowest BCUT2D eigenvalue weighted by Crippen LogP contribution is -2.24. The van der Waals surface area contributed by atoms with Crippen LogP contribution in [-0.2, 0) is 6.42 Å². The molecule has 2 heterocycles. The molecule has 90 valence electrons. The number of nitrogens with zero attached hydrogens (tertiary/aromatic N) is 3. The van der Waals surface area contributed by atoms with Crippen molar-refractivity contribution in [1.82, 2.24) is 20.4 Å². The van der Waals surface area contributed by atoms with E-state index < -0.39 is 0 Å². The molecule has 0 aliphatic rings. The molecule has 1 unspecified atom stereocenters. The van der Waals surface area contributed by atoms with Crippen molar-refractivity contribution in [2.45, 2.75) is 26.3 Å². The minimum absolute atomic E-state index is 0.330. The van der Waals surface area contributed by atoms with Crippen LogP contribution in [0.15, 0.2) is 23.0 Å². The Kier molecular flexibility index (Phi) is 3.49. The molecule has 2 aromatic heterocycles. The Morgan fingerprint density at radius 2 is 2.24 bits per heavy atom. The molecule has 0 fully saturated rings. The number of hydrogen-bond acceptors (Lipinski definition) is 5. The third kappa shape index (κ3) is 2.88. The SMILES string of the molecule is CNC(C)Cc1noc(-c2cncc(C)c2)n1. The average Bonchev–Trinajstić information content (AvgIpc) is 2.77. The second kappa shape index (κ2) is 5.05. The van der Waals surface area contributed by atoms with E-state index >= 15 is 0 Å². The van der Waals surface area contributed by atoms with E-state index in [0.29, 0.717) is 17.8 Å². The first-order chi connectivity index (χ1) is 8.19. The van der Waals surface area contributed by atoms with E-state index in [4.69, 9.17) is 4.52 Å². The van der Waals surface area contributed by atoms with Crippen LogP contribution < -0.4 is 5.32 Å². The zero-order valence-corrected chi connectivity index (χ0v) is 10.3. The van der Waals surface area contributed by atoms with Crippen molar-refractivity contribution in [3.8, 4) is 11.5 Å². The standard InChI is InChI=1S/C12H16N4O/c1-8-4-10(7-14-6-8)12-15-11(16-17-12)5-9(2)13-3/h4,6-7,9,13H,5H2,1-3H3. The lowest BCUT2D eigenvalue weighted by atomic mass is 10.2. The largest absolute Gasteiger partial charge is 0.334 e. The summed E-state index contributed by atoms with van der Waals surface area (Å²) in [6, 6.07) is 2.31. The topological polar surface area (TPSA) is 63.8 Å². The molecule has 2 aromatic rings. The average molecular weight is 232 g/mol. The zero-order chi connectivity index (χ0) is 12.3. The van der Waals surface area contributed by atoms with Crippen molar-refractivity contribution in [1.29, 1.82) is 0 Å². The maximum Gasteiger partial charge on any atom is 0.259 e. The number of nitrogens with one attached hydrogen (secondary N) is 1. The van der Waals surface area contributed by atoms with Gasteiger partial charge in [0, 0.05) is 24.9 Å². The van der Waals surface area contributed by atoms with Crippen LogP contribution in [0.2, 0.25) is 0 Å². The number of hydrogen-bond donors (Lipinski definition) is 1. The van der Waals surface area contributed by atoms with Gasteiger partial charge in [0.15, 0.2) is 5.82 Å². The maximum absolute atomic E-state index is 5.22. The fraction of sp³-hybridized carbons (Fsp3) is 0.417. The van der Waals surface area contributed by atoms with Gasteiger partial charge in [-0.1, -0.05) is 5.16 Å². The summed E-state index contributed by atoms with van der Waals surface area (Å²) < 4.78 is 5.22. The van der Waals surface area contributed by atoms with E-state index in [0.717, 1.165) is 17.5 Å². The molecular formula is C12H16N4O. The van der Waals surface area contributed by atoms with Crippen LogP contribution in [0, 0.1) is 6.92 Å². The van der Waals surface area contributed by atoms with Gasteiger partial charge in [-0.2, -0.15) is 4.98 Å². The van der Waals surface area contributed by atoms with Crippen molar-refractivity contribution in [3.05, 3.63) is 29.8 Å². The molecule has 0 aliphatic heterocycles. The number of aromatic nitrogens is 3. The van der Waals surface area contributed by atoms with Crippen LogP contribution in [0.1, 0.15) is 18.3 Å². The molecule has 0 radical (unpaired) electrons. The van der Waals surface area contributed by atoms with E-state index in [9.17, 15) is 0 Å². The van der Waals surface area contributed by atoms with Crippen molar-refractivity contribution < 1.29 is 4.52 Å². The quantitative estimate of drug-likeness (QED) is 0.867. The third-order valence-electron chi connectivity index (χ3n) is 2.57. The van der Waals surface area contributed by atoms with Crippen molar-refractivity contribution in [2.24, 2.45) is 0 Å². The molecule has 2 rings (SSSR count). The van der Waals surface area contributed by atoms with E-state index in [1.807, 2.05) is 20.0 Å². The van der Waals surface area contributed by atoms with E-state index in [1.165, 1.54) is 0 Å². The van der Waals surface area contributed by atoms with Crippen LogP contribution in [0.25, 0.3) is 11.5 Å². The highest BCUT2D eigenvalue weighted by atomic mass is 16.5. The second-order valence-electron chi connectivity index (χ2n) is 4.16. The fourth-order valence-corrected chi connectivity index (χ4v) is 1.50. The molecule has 1 N–H and O–H groups in total. The number of aryl methyl sites for hydroxylation is 1. The molecule has 0 saturated carbocycles. The Morgan fingerprint density at radius 3 is 2.94 bits per heavy atom. The van der Waals surface area contributed by atoms with E-state index in [1.54, 1.807) is 12.4 Å². The van der Waals surface area contributed by atoms with Gasteiger partial charge >= 0.3 is 0 Å². The number of likely N-dealkylation sites (N-methyl/N-ethyl adjacent to an activating group) is 1. The van der Waals surface area contributed by atoms with Crippen LogP contribution in [0.3, 0.4) is 0 Å². The summed E-state index contributed by atoms with van der Waals surface area (Å²) in [7, 11) is 1.91. The van der Waals surface area contributed by atoms with Gasteiger partial charge in [-0.05, 0) is 32.5 Å². The Labute approximate surface area is 100 Å². The predicted octanol–water partition coefficient (Wildman–Crippen LogP) is 1.59. The predicted molar refractivity (Wildman–Crippen MR) is 64.5 cm³/mol. The first-order valence-electron chi connectivity index (χ1n) is 5.61. The highest BCUT2D eigenvalue weighted by Crippen LogP contribution is 2.17. The van der Waals surface area contributed by atoms with Gasteiger partial charge in [-0.15, -0.1) is 0 Å². The summed E-state index contributed by atoms with van der Waals surface area (Å²) in [5.41, 5.74) is 1.94. The summed E-state index contributed by atoms with van der Waals surface area (Å²) in [5.74, 6) is 1.24. The smallest absolute Gasteiger partial charge is 0.259 e.